The normalized spacial score (nSPS) is 16.8. The van der Waals surface area contributed by atoms with Gasteiger partial charge in [-0.3, -0.25) is 0 Å². The molecular formula is C28H32N4O4S. The summed E-state index contributed by atoms with van der Waals surface area (Å²) in [7, 11) is 1.70. The summed E-state index contributed by atoms with van der Waals surface area (Å²) in [5.74, 6) is -0.906. The molecule has 0 spiro atoms. The second-order valence-corrected chi connectivity index (χ2v) is 10.2. The highest BCUT2D eigenvalue weighted by Gasteiger charge is 2.23. The molecule has 4 aromatic rings. The fourth-order valence-electron chi connectivity index (χ4n) is 4.84. The van der Waals surface area contributed by atoms with Crippen LogP contribution < -0.4 is 4.90 Å². The van der Waals surface area contributed by atoms with E-state index in [2.05, 4.69) is 36.1 Å². The van der Waals surface area contributed by atoms with Gasteiger partial charge in [-0.25, -0.2) is 14.3 Å². The Kier molecular flexibility index (Phi) is 7.55. The number of carbonyl (C=O) groups is 1. The van der Waals surface area contributed by atoms with Crippen molar-refractivity contribution in [1.82, 2.24) is 14.6 Å². The van der Waals surface area contributed by atoms with Crippen molar-refractivity contribution in [1.29, 1.82) is 0 Å². The zero-order valence-electron chi connectivity index (χ0n) is 21.4. The van der Waals surface area contributed by atoms with Gasteiger partial charge in [0.25, 0.3) is 0 Å². The zero-order valence-corrected chi connectivity index (χ0v) is 22.2. The van der Waals surface area contributed by atoms with Crippen LogP contribution in [0, 0.1) is 0 Å². The van der Waals surface area contributed by atoms with Gasteiger partial charge >= 0.3 is 5.97 Å². The molecule has 2 unspecified atom stereocenters. The quantitative estimate of drug-likeness (QED) is 0.281. The van der Waals surface area contributed by atoms with Gasteiger partial charge in [-0.2, -0.15) is 5.10 Å². The molecule has 0 aliphatic carbocycles. The molecule has 1 aliphatic heterocycles. The summed E-state index contributed by atoms with van der Waals surface area (Å²) in [6.07, 6.45) is 5.57. The van der Waals surface area contributed by atoms with E-state index in [9.17, 15) is 9.90 Å². The molecule has 2 aromatic heterocycles. The summed E-state index contributed by atoms with van der Waals surface area (Å²) in [6, 6.07) is 13.9. The van der Waals surface area contributed by atoms with Crippen molar-refractivity contribution in [3.63, 3.8) is 0 Å². The highest BCUT2D eigenvalue weighted by Crippen LogP contribution is 2.31. The van der Waals surface area contributed by atoms with Crippen LogP contribution in [0.2, 0.25) is 0 Å². The third kappa shape index (κ3) is 5.39. The maximum Gasteiger partial charge on any atom is 0.335 e. The fourth-order valence-corrected chi connectivity index (χ4v) is 5.73. The van der Waals surface area contributed by atoms with E-state index in [1.807, 2.05) is 25.3 Å². The van der Waals surface area contributed by atoms with Crippen LogP contribution in [-0.4, -0.2) is 58.3 Å². The first-order valence-electron chi connectivity index (χ1n) is 12.8. The second kappa shape index (κ2) is 11.0. The fraction of sp³-hybridized carbons (Fsp3) is 0.393. The Labute approximate surface area is 220 Å². The minimum atomic E-state index is -0.906. The van der Waals surface area contributed by atoms with E-state index >= 15 is 0 Å². The van der Waals surface area contributed by atoms with Gasteiger partial charge in [-0.1, -0.05) is 31.3 Å². The Morgan fingerprint density at radius 3 is 2.65 bits per heavy atom. The number of anilines is 1. The summed E-state index contributed by atoms with van der Waals surface area (Å²) in [5.41, 5.74) is 5.05. The number of imidazole rings is 1. The monoisotopic (exact) mass is 520 g/mol. The number of nitrogens with zero attached hydrogens (tertiary/aromatic N) is 4. The van der Waals surface area contributed by atoms with Crippen molar-refractivity contribution in [2.75, 3.05) is 25.1 Å². The molecule has 0 radical (unpaired) electrons. The summed E-state index contributed by atoms with van der Waals surface area (Å²) >= 11 is 1.54. The molecule has 8 nitrogen and oxygen atoms in total. The number of ether oxygens (including phenoxy) is 2. The summed E-state index contributed by atoms with van der Waals surface area (Å²) < 4.78 is 13.3. The number of rotatable bonds is 9. The lowest BCUT2D eigenvalue weighted by Crippen LogP contribution is -2.41. The molecule has 1 aliphatic rings. The number of hydrogen-bond donors (Lipinski definition) is 1. The van der Waals surface area contributed by atoms with Crippen LogP contribution in [0.3, 0.4) is 0 Å². The molecule has 1 fully saturated rings. The SMILES string of the molecule is CCc1cc(-c2cn3nc(-c4ccc(N5CCCC(OC(CC)OC)C5)cc4)sc3n2)ccc1C(=O)O. The lowest BCUT2D eigenvalue weighted by atomic mass is 10.0. The first-order valence-corrected chi connectivity index (χ1v) is 13.6. The van der Waals surface area contributed by atoms with Crippen LogP contribution in [0.5, 0.6) is 0 Å². The topological polar surface area (TPSA) is 89.2 Å². The predicted octanol–water partition coefficient (Wildman–Crippen LogP) is 5.75. The van der Waals surface area contributed by atoms with E-state index in [4.69, 9.17) is 19.6 Å². The molecule has 194 valence electrons. The third-order valence-electron chi connectivity index (χ3n) is 6.85. The number of aromatic carboxylic acids is 1. The maximum atomic E-state index is 11.4. The van der Waals surface area contributed by atoms with Gasteiger partial charge in [0.2, 0.25) is 4.96 Å². The standard InChI is InChI=1S/C28H32N4O4S/c1-4-18-15-20(10-13-23(18)27(33)34)24-17-32-28(29-24)37-26(30-32)19-8-11-21(12-9-19)31-14-6-7-22(16-31)36-25(5-2)35-3/h8-13,15,17,22,25H,4-7,14,16H2,1-3H3,(H,33,34). The Balaban J connectivity index is 1.30. The summed E-state index contributed by atoms with van der Waals surface area (Å²) in [5, 5.41) is 15.0. The van der Waals surface area contributed by atoms with E-state index in [0.717, 1.165) is 64.7 Å². The van der Waals surface area contributed by atoms with Crippen molar-refractivity contribution in [3.8, 4) is 21.8 Å². The molecule has 5 rings (SSSR count). The number of aromatic nitrogens is 3. The number of benzene rings is 2. The largest absolute Gasteiger partial charge is 0.478 e. The minimum absolute atomic E-state index is 0.144. The van der Waals surface area contributed by atoms with Crippen LogP contribution in [-0.2, 0) is 15.9 Å². The molecule has 1 saturated heterocycles. The Bertz CT molecular complexity index is 1350. The molecule has 2 atom stereocenters. The molecule has 0 amide bonds. The van der Waals surface area contributed by atoms with Gasteiger partial charge in [0.05, 0.1) is 23.6 Å². The Hall–Kier alpha value is -3.27. The van der Waals surface area contributed by atoms with Crippen molar-refractivity contribution < 1.29 is 19.4 Å². The number of carboxylic acids is 1. The lowest BCUT2D eigenvalue weighted by molar-refractivity contribution is -0.157. The van der Waals surface area contributed by atoms with E-state index < -0.39 is 5.97 Å². The first-order chi connectivity index (χ1) is 18.0. The molecule has 2 aromatic carbocycles. The molecule has 9 heteroatoms. The average Bonchev–Trinajstić information content (AvgIpc) is 3.51. The lowest BCUT2D eigenvalue weighted by Gasteiger charge is -2.35. The molecule has 3 heterocycles. The number of piperidine rings is 1. The number of fused-ring (bicyclic) bond motifs is 1. The van der Waals surface area contributed by atoms with Gasteiger partial charge in [-0.15, -0.1) is 0 Å². The van der Waals surface area contributed by atoms with Crippen molar-refractivity contribution in [2.24, 2.45) is 0 Å². The third-order valence-corrected chi connectivity index (χ3v) is 7.83. The summed E-state index contributed by atoms with van der Waals surface area (Å²) in [6.45, 7) is 5.91. The van der Waals surface area contributed by atoms with Crippen molar-refractivity contribution >= 4 is 28.0 Å². The highest BCUT2D eigenvalue weighted by molar-refractivity contribution is 7.19. The van der Waals surface area contributed by atoms with Crippen molar-refractivity contribution in [2.45, 2.75) is 51.9 Å². The second-order valence-electron chi connectivity index (χ2n) is 9.26. The number of methoxy groups -OCH3 is 1. The van der Waals surface area contributed by atoms with Crippen LogP contribution in [0.4, 0.5) is 5.69 Å². The zero-order chi connectivity index (χ0) is 25.9. The molecule has 0 bridgehead atoms. The Morgan fingerprint density at radius 1 is 1.19 bits per heavy atom. The summed E-state index contributed by atoms with van der Waals surface area (Å²) in [4.78, 5) is 19.4. The molecule has 37 heavy (non-hydrogen) atoms. The predicted molar refractivity (Wildman–Crippen MR) is 145 cm³/mol. The van der Waals surface area contributed by atoms with E-state index in [1.165, 1.54) is 17.0 Å². The van der Waals surface area contributed by atoms with Gasteiger partial charge < -0.3 is 19.5 Å². The van der Waals surface area contributed by atoms with Crippen LogP contribution in [0.1, 0.15) is 49.0 Å². The van der Waals surface area contributed by atoms with Crippen LogP contribution >= 0.6 is 11.3 Å². The minimum Gasteiger partial charge on any atom is -0.478 e. The average molecular weight is 521 g/mol. The number of hydrogen-bond acceptors (Lipinski definition) is 7. The number of aryl methyl sites for hydroxylation is 1. The maximum absolute atomic E-state index is 11.4. The highest BCUT2D eigenvalue weighted by atomic mass is 32.1. The molecule has 1 N–H and O–H groups in total. The van der Waals surface area contributed by atoms with Crippen LogP contribution in [0.15, 0.2) is 48.7 Å². The van der Waals surface area contributed by atoms with Gasteiger partial charge in [0, 0.05) is 37.0 Å². The van der Waals surface area contributed by atoms with Gasteiger partial charge in [-0.05, 0) is 67.6 Å². The van der Waals surface area contributed by atoms with E-state index in [0.29, 0.717) is 12.0 Å². The van der Waals surface area contributed by atoms with Gasteiger partial charge in [0.15, 0.2) is 6.29 Å². The molecule has 0 saturated carbocycles. The van der Waals surface area contributed by atoms with E-state index in [-0.39, 0.29) is 12.4 Å². The van der Waals surface area contributed by atoms with Crippen molar-refractivity contribution in [3.05, 3.63) is 59.8 Å². The molecular weight excluding hydrogens is 488 g/mol. The van der Waals surface area contributed by atoms with E-state index in [1.54, 1.807) is 17.7 Å². The van der Waals surface area contributed by atoms with Crippen LogP contribution in [0.25, 0.3) is 26.8 Å². The first kappa shape index (κ1) is 25.4. The van der Waals surface area contributed by atoms with Gasteiger partial charge in [0.1, 0.15) is 5.01 Å². The Morgan fingerprint density at radius 2 is 1.97 bits per heavy atom. The number of carboxylic acid groups (broad SMARTS) is 1. The smallest absolute Gasteiger partial charge is 0.335 e.